The van der Waals surface area contributed by atoms with Crippen LogP contribution >= 0.6 is 22.9 Å². The highest BCUT2D eigenvalue weighted by Gasteiger charge is 2.36. The molecule has 2 aromatic heterocycles. The number of furan rings is 1. The Morgan fingerprint density at radius 2 is 1.87 bits per heavy atom. The Bertz CT molecular complexity index is 2260. The van der Waals surface area contributed by atoms with Crippen molar-refractivity contribution >= 4 is 51.7 Å². The number of esters is 2. The molecule has 0 amide bonds. The van der Waals surface area contributed by atoms with Crippen LogP contribution < -0.4 is 19.6 Å². The molecule has 0 fully saturated rings. The Hall–Kier alpha value is -4.93. The number of ether oxygens (including phenoxy) is 3. The van der Waals surface area contributed by atoms with Crippen LogP contribution in [0.25, 0.3) is 28.2 Å². The highest BCUT2D eigenvalue weighted by molar-refractivity contribution is 7.07. The van der Waals surface area contributed by atoms with Crippen molar-refractivity contribution in [2.75, 3.05) is 13.7 Å². The largest absolute Gasteiger partial charge is 0.496 e. The predicted octanol–water partition coefficient (Wildman–Crippen LogP) is 6.44. The van der Waals surface area contributed by atoms with Crippen molar-refractivity contribution in [3.8, 4) is 17.1 Å². The van der Waals surface area contributed by atoms with E-state index in [0.717, 1.165) is 10.8 Å². The minimum absolute atomic E-state index is 0.157. The van der Waals surface area contributed by atoms with Crippen LogP contribution in [-0.2, 0) is 14.3 Å². The summed E-state index contributed by atoms with van der Waals surface area (Å²) < 4.78 is 24.7. The number of allylic oxidation sites excluding steroid dienone is 1. The lowest BCUT2D eigenvalue weighted by Crippen LogP contribution is -2.40. The number of carbonyl (C=O) groups is 2. The second kappa shape index (κ2) is 13.1. The molecular formula is C36H31ClN2O7S. The predicted molar refractivity (Wildman–Crippen MR) is 181 cm³/mol. The number of thiazole rings is 1. The molecule has 1 atom stereocenters. The lowest BCUT2D eigenvalue weighted by Gasteiger charge is -2.27. The van der Waals surface area contributed by atoms with E-state index >= 15 is 0 Å². The first-order chi connectivity index (χ1) is 22.6. The molecule has 0 bridgehead atoms. The van der Waals surface area contributed by atoms with Crippen LogP contribution in [0.4, 0.5) is 0 Å². The second-order valence-electron chi connectivity index (χ2n) is 11.1. The first-order valence-corrected chi connectivity index (χ1v) is 16.2. The number of halogens is 1. The average molecular weight is 671 g/mol. The van der Waals surface area contributed by atoms with Gasteiger partial charge in [0, 0.05) is 22.2 Å². The molecule has 0 N–H and O–H groups in total. The fourth-order valence-corrected chi connectivity index (χ4v) is 6.88. The number of aromatic nitrogens is 1. The van der Waals surface area contributed by atoms with Crippen molar-refractivity contribution in [3.63, 3.8) is 0 Å². The van der Waals surface area contributed by atoms with Crippen molar-refractivity contribution in [1.82, 2.24) is 4.57 Å². The number of benzene rings is 3. The van der Waals surface area contributed by atoms with Gasteiger partial charge in [-0.2, -0.15) is 0 Å². The smallest absolute Gasteiger partial charge is 0.339 e. The standard InChI is InChI=1S/C36H31ClN2O7S/c1-6-44-35(42)30-20(4)38-36-39(32(30)31-24-10-8-7-9-21(24)11-15-28(31)43-5)33(40)29(47-36)18-23-13-16-27(46-23)26-17-22(37)12-14-25(26)34(41)45-19(2)3/h7-19,32H,6H2,1-5H3/b29-18+/t32-/m1/s1. The van der Waals surface area contributed by atoms with Crippen LogP contribution in [0.5, 0.6) is 5.75 Å². The monoisotopic (exact) mass is 670 g/mol. The van der Waals surface area contributed by atoms with E-state index in [1.165, 1.54) is 15.9 Å². The minimum atomic E-state index is -0.873. The van der Waals surface area contributed by atoms with Crippen LogP contribution in [-0.4, -0.2) is 36.3 Å². The number of nitrogens with zero attached hydrogens (tertiary/aromatic N) is 2. The number of hydrogen-bond donors (Lipinski definition) is 0. The quantitative estimate of drug-likeness (QED) is 0.175. The summed E-state index contributed by atoms with van der Waals surface area (Å²) in [7, 11) is 1.56. The zero-order valence-corrected chi connectivity index (χ0v) is 27.9. The van der Waals surface area contributed by atoms with E-state index in [0.29, 0.717) is 54.0 Å². The lowest BCUT2D eigenvalue weighted by molar-refractivity contribution is -0.139. The maximum Gasteiger partial charge on any atom is 0.339 e. The van der Waals surface area contributed by atoms with Crippen molar-refractivity contribution in [3.05, 3.63) is 120 Å². The van der Waals surface area contributed by atoms with Crippen LogP contribution in [0.15, 0.2) is 92.2 Å². The van der Waals surface area contributed by atoms with E-state index in [2.05, 4.69) is 4.99 Å². The molecule has 0 saturated heterocycles. The van der Waals surface area contributed by atoms with Crippen molar-refractivity contribution in [1.29, 1.82) is 0 Å². The Morgan fingerprint density at radius 1 is 1.09 bits per heavy atom. The van der Waals surface area contributed by atoms with Gasteiger partial charge in [-0.25, -0.2) is 14.6 Å². The van der Waals surface area contributed by atoms with Crippen molar-refractivity contribution in [2.24, 2.45) is 4.99 Å². The van der Waals surface area contributed by atoms with Gasteiger partial charge in [0.15, 0.2) is 4.80 Å². The van der Waals surface area contributed by atoms with E-state index in [1.54, 1.807) is 71.2 Å². The van der Waals surface area contributed by atoms with Crippen molar-refractivity contribution < 1.29 is 28.2 Å². The number of methoxy groups -OCH3 is 1. The number of hydrogen-bond acceptors (Lipinski definition) is 9. The van der Waals surface area contributed by atoms with Gasteiger partial charge in [0.05, 0.1) is 41.2 Å². The first kappa shape index (κ1) is 32.0. The molecule has 3 heterocycles. The van der Waals surface area contributed by atoms with E-state index in [4.69, 9.17) is 30.2 Å². The molecule has 1 aliphatic rings. The highest BCUT2D eigenvalue weighted by atomic mass is 35.5. The first-order valence-electron chi connectivity index (χ1n) is 15.0. The highest BCUT2D eigenvalue weighted by Crippen LogP contribution is 2.40. The SMILES string of the molecule is CCOC(=O)C1=C(C)N=c2s/c(=C/c3ccc(-c4cc(Cl)ccc4C(=O)OC(C)C)o3)c(=O)n2[C@H]1c1c(OC)ccc2ccccc12. The Labute approximate surface area is 279 Å². The molecule has 1 aliphatic heterocycles. The van der Waals surface area contributed by atoms with E-state index in [-0.39, 0.29) is 23.8 Å². The van der Waals surface area contributed by atoms with Gasteiger partial charge >= 0.3 is 11.9 Å². The average Bonchev–Trinajstić information content (AvgIpc) is 3.63. The molecule has 0 saturated carbocycles. The van der Waals surface area contributed by atoms with E-state index in [9.17, 15) is 14.4 Å². The molecule has 0 aliphatic carbocycles. The van der Waals surface area contributed by atoms with Crippen LogP contribution in [0, 0.1) is 0 Å². The molecular weight excluding hydrogens is 640 g/mol. The third kappa shape index (κ3) is 6.02. The Morgan fingerprint density at radius 3 is 2.62 bits per heavy atom. The van der Waals surface area contributed by atoms with Gasteiger partial charge in [-0.1, -0.05) is 53.3 Å². The fourth-order valence-electron chi connectivity index (χ4n) is 5.68. The normalized spacial score (nSPS) is 14.7. The summed E-state index contributed by atoms with van der Waals surface area (Å²) in [6.45, 7) is 7.16. The summed E-state index contributed by atoms with van der Waals surface area (Å²) in [5.41, 5.74) is 1.74. The Kier molecular flexibility index (Phi) is 8.90. The summed E-state index contributed by atoms with van der Waals surface area (Å²) in [5.74, 6) is 0.195. The third-order valence-electron chi connectivity index (χ3n) is 7.65. The lowest BCUT2D eigenvalue weighted by atomic mass is 9.90. The molecule has 11 heteroatoms. The second-order valence-corrected chi connectivity index (χ2v) is 12.5. The number of carbonyl (C=O) groups excluding carboxylic acids is 2. The zero-order valence-electron chi connectivity index (χ0n) is 26.3. The molecule has 47 heavy (non-hydrogen) atoms. The van der Waals surface area contributed by atoms with Gasteiger partial charge < -0.3 is 18.6 Å². The topological polar surface area (TPSA) is 109 Å². The van der Waals surface area contributed by atoms with Gasteiger partial charge in [-0.05, 0) is 74.9 Å². The van der Waals surface area contributed by atoms with E-state index in [1.807, 2.05) is 36.4 Å². The van der Waals surface area contributed by atoms with Gasteiger partial charge in [-0.3, -0.25) is 9.36 Å². The van der Waals surface area contributed by atoms with Gasteiger partial charge in [0.1, 0.15) is 23.3 Å². The zero-order chi connectivity index (χ0) is 33.4. The number of fused-ring (bicyclic) bond motifs is 2. The van der Waals surface area contributed by atoms with Gasteiger partial charge in [-0.15, -0.1) is 0 Å². The fraction of sp³-hybridized carbons (Fsp3) is 0.222. The molecule has 5 aromatic rings. The summed E-state index contributed by atoms with van der Waals surface area (Å²) in [6, 6.07) is 18.9. The van der Waals surface area contributed by atoms with Crippen molar-refractivity contribution in [2.45, 2.75) is 39.8 Å². The molecule has 0 unspecified atom stereocenters. The van der Waals surface area contributed by atoms with Gasteiger partial charge in [0.2, 0.25) is 0 Å². The summed E-state index contributed by atoms with van der Waals surface area (Å²) in [6.07, 6.45) is 1.31. The van der Waals surface area contributed by atoms with Gasteiger partial charge in [0.25, 0.3) is 5.56 Å². The minimum Gasteiger partial charge on any atom is -0.496 e. The molecule has 240 valence electrons. The maximum atomic E-state index is 14.3. The third-order valence-corrected chi connectivity index (χ3v) is 8.87. The maximum absolute atomic E-state index is 14.3. The molecule has 6 rings (SSSR count). The van der Waals surface area contributed by atoms with E-state index < -0.39 is 18.0 Å². The van der Waals surface area contributed by atoms with Crippen LogP contribution in [0.2, 0.25) is 5.02 Å². The summed E-state index contributed by atoms with van der Waals surface area (Å²) in [5, 5.41) is 2.17. The molecule has 0 radical (unpaired) electrons. The van der Waals surface area contributed by atoms with Crippen LogP contribution in [0.1, 0.15) is 55.4 Å². The molecule has 0 spiro atoms. The van der Waals surface area contributed by atoms with Crippen LogP contribution in [0.3, 0.4) is 0 Å². The summed E-state index contributed by atoms with van der Waals surface area (Å²) >= 11 is 7.45. The summed E-state index contributed by atoms with van der Waals surface area (Å²) in [4.78, 5) is 45.7. The number of rotatable bonds is 8. The Balaban J connectivity index is 1.52. The molecule has 3 aromatic carbocycles. The molecule has 9 nitrogen and oxygen atoms in total.